The summed E-state index contributed by atoms with van der Waals surface area (Å²) < 4.78 is 5.67. The highest BCUT2D eigenvalue weighted by molar-refractivity contribution is 5.67. The molecule has 0 saturated heterocycles. The number of carbonyl (C=O) groups is 1. The van der Waals surface area contributed by atoms with Crippen molar-refractivity contribution in [1.82, 2.24) is 4.90 Å². The zero-order valence-electron chi connectivity index (χ0n) is 16.9. The second-order valence-corrected chi connectivity index (χ2v) is 7.13. The second-order valence-electron chi connectivity index (χ2n) is 7.13. The Kier molecular flexibility index (Phi) is 16.6. The monoisotopic (exact) mass is 341 g/mol. The van der Waals surface area contributed by atoms with E-state index < -0.39 is 0 Å². The topological polar surface area (TPSA) is 29.5 Å². The molecule has 0 saturated carbocycles. The Hall–Kier alpha value is -0.730. The molecular formula is C21H43NO2. The van der Waals surface area contributed by atoms with E-state index in [1.165, 1.54) is 64.2 Å². The Labute approximate surface area is 151 Å². The molecular weight excluding hydrogens is 298 g/mol. The Morgan fingerprint density at radius 1 is 0.750 bits per heavy atom. The van der Waals surface area contributed by atoms with Crippen LogP contribution in [0, 0.1) is 5.92 Å². The lowest BCUT2D eigenvalue weighted by Crippen LogP contribution is -2.34. The Morgan fingerprint density at radius 2 is 1.25 bits per heavy atom. The second kappa shape index (κ2) is 17.1. The maximum atomic E-state index is 12.3. The molecule has 24 heavy (non-hydrogen) atoms. The van der Waals surface area contributed by atoms with Crippen LogP contribution in [0.15, 0.2) is 0 Å². The van der Waals surface area contributed by atoms with Gasteiger partial charge in [-0.05, 0) is 31.6 Å². The van der Waals surface area contributed by atoms with E-state index in [0.29, 0.717) is 12.5 Å². The average molecular weight is 342 g/mol. The van der Waals surface area contributed by atoms with Crippen molar-refractivity contribution in [3.05, 3.63) is 0 Å². The largest absolute Gasteiger partial charge is 0.449 e. The van der Waals surface area contributed by atoms with Crippen molar-refractivity contribution >= 4 is 6.09 Å². The van der Waals surface area contributed by atoms with Crippen molar-refractivity contribution < 1.29 is 9.53 Å². The number of ether oxygens (including phenoxy) is 1. The van der Waals surface area contributed by atoms with Gasteiger partial charge in [-0.2, -0.15) is 0 Å². The van der Waals surface area contributed by atoms with Crippen LogP contribution in [0.2, 0.25) is 0 Å². The third-order valence-electron chi connectivity index (χ3n) is 4.62. The van der Waals surface area contributed by atoms with E-state index >= 15 is 0 Å². The van der Waals surface area contributed by atoms with Crippen LogP contribution in [0.1, 0.15) is 105 Å². The van der Waals surface area contributed by atoms with Crippen LogP contribution in [0.5, 0.6) is 0 Å². The van der Waals surface area contributed by atoms with Gasteiger partial charge in [0.1, 0.15) is 0 Å². The fraction of sp³-hybridized carbons (Fsp3) is 0.952. The number of rotatable bonds is 16. The first-order valence-corrected chi connectivity index (χ1v) is 10.6. The summed E-state index contributed by atoms with van der Waals surface area (Å²) >= 11 is 0. The lowest BCUT2D eigenvalue weighted by Gasteiger charge is -2.23. The third kappa shape index (κ3) is 12.7. The lowest BCUT2D eigenvalue weighted by atomic mass is 9.95. The molecule has 0 fully saturated rings. The summed E-state index contributed by atoms with van der Waals surface area (Å²) in [5.74, 6) is 0.548. The van der Waals surface area contributed by atoms with Crippen LogP contribution in [0.25, 0.3) is 0 Å². The number of hydrogen-bond acceptors (Lipinski definition) is 2. The fourth-order valence-electron chi connectivity index (χ4n) is 3.15. The molecule has 3 nitrogen and oxygen atoms in total. The first kappa shape index (κ1) is 23.3. The molecule has 0 N–H and O–H groups in total. The number of hydrogen-bond donors (Lipinski definition) is 0. The molecule has 0 rings (SSSR count). The van der Waals surface area contributed by atoms with E-state index in [2.05, 4.69) is 27.7 Å². The number of amides is 1. The smallest absolute Gasteiger partial charge is 0.409 e. The molecule has 0 heterocycles. The van der Waals surface area contributed by atoms with Crippen molar-refractivity contribution in [1.29, 1.82) is 0 Å². The minimum absolute atomic E-state index is 0.106. The van der Waals surface area contributed by atoms with Crippen LogP contribution in [0.3, 0.4) is 0 Å². The van der Waals surface area contributed by atoms with Crippen molar-refractivity contribution in [3.8, 4) is 0 Å². The summed E-state index contributed by atoms with van der Waals surface area (Å²) in [7, 11) is 0. The molecule has 0 aliphatic heterocycles. The summed E-state index contributed by atoms with van der Waals surface area (Å²) in [6, 6.07) is 0. The normalized spacial score (nSPS) is 12.2. The van der Waals surface area contributed by atoms with E-state index in [9.17, 15) is 4.79 Å². The predicted molar refractivity (Wildman–Crippen MR) is 105 cm³/mol. The molecule has 0 aromatic rings. The number of unbranched alkanes of at least 4 members (excludes halogenated alkanes) is 6. The lowest BCUT2D eigenvalue weighted by molar-refractivity contribution is 0.0832. The molecule has 144 valence electrons. The van der Waals surface area contributed by atoms with Crippen LogP contribution >= 0.6 is 0 Å². The van der Waals surface area contributed by atoms with Gasteiger partial charge in [0.2, 0.25) is 0 Å². The first-order chi connectivity index (χ1) is 11.7. The standard InChI is InChI=1S/C21H43NO2/c1-5-9-11-12-14-16-20(15-13-10-6-2)19-24-21(23)22(17-7-3)18-8-4/h20H,5-19H2,1-4H3. The average Bonchev–Trinajstić information content (AvgIpc) is 2.58. The Bertz CT molecular complexity index is 275. The van der Waals surface area contributed by atoms with Crippen molar-refractivity contribution in [2.24, 2.45) is 5.92 Å². The minimum Gasteiger partial charge on any atom is -0.449 e. The molecule has 0 bridgehead atoms. The molecule has 0 radical (unpaired) electrons. The number of carbonyl (C=O) groups excluding carboxylic acids is 1. The highest BCUT2D eigenvalue weighted by Gasteiger charge is 2.16. The van der Waals surface area contributed by atoms with Crippen molar-refractivity contribution in [2.75, 3.05) is 19.7 Å². The highest BCUT2D eigenvalue weighted by Crippen LogP contribution is 2.19. The van der Waals surface area contributed by atoms with E-state index in [-0.39, 0.29) is 6.09 Å². The SMILES string of the molecule is CCCCCCCC(CCCCC)COC(=O)N(CCC)CCC. The number of nitrogens with zero attached hydrogens (tertiary/aromatic N) is 1. The molecule has 1 unspecified atom stereocenters. The summed E-state index contributed by atoms with van der Waals surface area (Å²) in [6.45, 7) is 11.0. The van der Waals surface area contributed by atoms with Gasteiger partial charge in [0.05, 0.1) is 6.61 Å². The molecule has 1 amide bonds. The minimum atomic E-state index is -0.106. The van der Waals surface area contributed by atoms with E-state index in [0.717, 1.165) is 25.9 Å². The first-order valence-electron chi connectivity index (χ1n) is 10.6. The third-order valence-corrected chi connectivity index (χ3v) is 4.62. The van der Waals surface area contributed by atoms with Gasteiger partial charge in [0, 0.05) is 13.1 Å². The quantitative estimate of drug-likeness (QED) is 0.289. The van der Waals surface area contributed by atoms with E-state index in [1.54, 1.807) is 0 Å². The fourth-order valence-corrected chi connectivity index (χ4v) is 3.15. The van der Waals surface area contributed by atoms with Gasteiger partial charge >= 0.3 is 6.09 Å². The molecule has 0 aliphatic carbocycles. The van der Waals surface area contributed by atoms with Gasteiger partial charge < -0.3 is 9.64 Å². The molecule has 0 aliphatic rings. The summed E-state index contributed by atoms with van der Waals surface area (Å²) in [5, 5.41) is 0. The van der Waals surface area contributed by atoms with Crippen LogP contribution < -0.4 is 0 Å². The van der Waals surface area contributed by atoms with Crippen LogP contribution in [0.4, 0.5) is 4.79 Å². The zero-order chi connectivity index (χ0) is 18.0. The van der Waals surface area contributed by atoms with Gasteiger partial charge in [-0.25, -0.2) is 4.79 Å². The van der Waals surface area contributed by atoms with E-state index in [1.807, 2.05) is 4.90 Å². The van der Waals surface area contributed by atoms with Crippen molar-refractivity contribution in [3.63, 3.8) is 0 Å². The van der Waals surface area contributed by atoms with Crippen molar-refractivity contribution in [2.45, 2.75) is 105 Å². The molecule has 0 aromatic carbocycles. The van der Waals surface area contributed by atoms with Gasteiger partial charge in [0.15, 0.2) is 0 Å². The predicted octanol–water partition coefficient (Wildman–Crippen LogP) is 6.80. The van der Waals surface area contributed by atoms with E-state index in [4.69, 9.17) is 4.74 Å². The van der Waals surface area contributed by atoms with Crippen LogP contribution in [-0.2, 0) is 4.74 Å². The molecule has 3 heteroatoms. The maximum Gasteiger partial charge on any atom is 0.409 e. The Morgan fingerprint density at radius 3 is 1.79 bits per heavy atom. The molecule has 1 atom stereocenters. The Balaban J connectivity index is 4.22. The summed E-state index contributed by atoms with van der Waals surface area (Å²) in [6.07, 6.45) is 14.7. The van der Waals surface area contributed by atoms with Gasteiger partial charge in [-0.3, -0.25) is 0 Å². The highest BCUT2D eigenvalue weighted by atomic mass is 16.6. The molecule has 0 spiro atoms. The van der Waals surface area contributed by atoms with Gasteiger partial charge in [-0.15, -0.1) is 0 Å². The van der Waals surface area contributed by atoms with Crippen LogP contribution in [-0.4, -0.2) is 30.7 Å². The summed E-state index contributed by atoms with van der Waals surface area (Å²) in [5.41, 5.74) is 0. The maximum absolute atomic E-state index is 12.3. The zero-order valence-corrected chi connectivity index (χ0v) is 16.9. The van der Waals surface area contributed by atoms with Gasteiger partial charge in [-0.1, -0.05) is 79.1 Å². The van der Waals surface area contributed by atoms with Gasteiger partial charge in [0.25, 0.3) is 0 Å². The summed E-state index contributed by atoms with van der Waals surface area (Å²) in [4.78, 5) is 14.1. The molecule has 0 aromatic heterocycles.